The van der Waals surface area contributed by atoms with Gasteiger partial charge in [0.2, 0.25) is 0 Å². The van der Waals surface area contributed by atoms with Gasteiger partial charge in [0.05, 0.1) is 5.69 Å². The van der Waals surface area contributed by atoms with Gasteiger partial charge in [-0.15, -0.1) is 10.2 Å². The van der Waals surface area contributed by atoms with E-state index in [0.29, 0.717) is 0 Å². The Labute approximate surface area is 291 Å². The van der Waals surface area contributed by atoms with Crippen molar-refractivity contribution in [3.05, 3.63) is 163 Å². The quantitative estimate of drug-likeness (QED) is 0.149. The molecule has 0 N–H and O–H groups in total. The standard InChI is InChI=1S/C46H43N3/c1-5-6-27-46(3,4)45-48-47-44(49(45)43-26-25-38(28-33(43)2)34-17-10-7-11-18-34)39-24-16-23-37(29-39)42-31-40(35-19-12-8-13-20-35)30-41(32-42)36-21-14-9-15-22-36/h7-26,28-32H,5-6,27H2,1-4H3. The minimum Gasteiger partial charge on any atom is -0.278 e. The minimum absolute atomic E-state index is 0.155. The van der Waals surface area contributed by atoms with Crippen LogP contribution in [0.5, 0.6) is 0 Å². The monoisotopic (exact) mass is 637 g/mol. The number of unbranched alkanes of at least 4 members (excludes halogenated alkanes) is 1. The number of aryl methyl sites for hydroxylation is 1. The van der Waals surface area contributed by atoms with Gasteiger partial charge < -0.3 is 0 Å². The molecule has 7 aromatic rings. The Kier molecular flexibility index (Phi) is 9.09. The molecule has 242 valence electrons. The fourth-order valence-electron chi connectivity index (χ4n) is 6.81. The second-order valence-electron chi connectivity index (χ2n) is 13.6. The van der Waals surface area contributed by atoms with Crippen LogP contribution < -0.4 is 0 Å². The third-order valence-corrected chi connectivity index (χ3v) is 9.57. The zero-order chi connectivity index (χ0) is 33.8. The van der Waals surface area contributed by atoms with Gasteiger partial charge >= 0.3 is 0 Å². The normalized spacial score (nSPS) is 11.5. The molecular weight excluding hydrogens is 595 g/mol. The Morgan fingerprint density at radius 2 is 0.959 bits per heavy atom. The van der Waals surface area contributed by atoms with E-state index in [1.165, 1.54) is 44.5 Å². The molecular formula is C46H43N3. The van der Waals surface area contributed by atoms with Crippen molar-refractivity contribution in [3.8, 4) is 61.6 Å². The predicted molar refractivity (Wildman–Crippen MR) is 206 cm³/mol. The lowest BCUT2D eigenvalue weighted by Gasteiger charge is -2.26. The number of hydrogen-bond acceptors (Lipinski definition) is 2. The first kappa shape index (κ1) is 32.0. The highest BCUT2D eigenvalue weighted by Crippen LogP contribution is 2.38. The smallest absolute Gasteiger partial charge is 0.168 e. The molecule has 0 radical (unpaired) electrons. The molecule has 0 aliphatic carbocycles. The van der Waals surface area contributed by atoms with E-state index in [1.807, 2.05) is 0 Å². The van der Waals surface area contributed by atoms with Gasteiger partial charge in [-0.05, 0) is 99.8 Å². The van der Waals surface area contributed by atoms with Crippen molar-refractivity contribution in [3.63, 3.8) is 0 Å². The van der Waals surface area contributed by atoms with Crippen LogP contribution in [0.15, 0.2) is 152 Å². The number of nitrogens with zero attached hydrogens (tertiary/aromatic N) is 3. The summed E-state index contributed by atoms with van der Waals surface area (Å²) in [6.45, 7) is 9.06. The zero-order valence-electron chi connectivity index (χ0n) is 28.9. The van der Waals surface area contributed by atoms with Crippen LogP contribution in [-0.2, 0) is 5.41 Å². The number of aromatic nitrogens is 3. The van der Waals surface area contributed by atoms with Crippen molar-refractivity contribution in [2.45, 2.75) is 52.4 Å². The Bertz CT molecular complexity index is 2120. The van der Waals surface area contributed by atoms with Crippen LogP contribution in [0.1, 0.15) is 51.4 Å². The average Bonchev–Trinajstić information content (AvgIpc) is 3.61. The van der Waals surface area contributed by atoms with Crippen molar-refractivity contribution < 1.29 is 0 Å². The summed E-state index contributed by atoms with van der Waals surface area (Å²) in [5.41, 5.74) is 12.7. The molecule has 0 aliphatic heterocycles. The summed E-state index contributed by atoms with van der Waals surface area (Å²) in [5.74, 6) is 1.86. The lowest BCUT2D eigenvalue weighted by molar-refractivity contribution is 0.425. The van der Waals surface area contributed by atoms with Crippen LogP contribution in [-0.4, -0.2) is 14.8 Å². The molecule has 49 heavy (non-hydrogen) atoms. The van der Waals surface area contributed by atoms with Crippen LogP contribution in [0.25, 0.3) is 61.6 Å². The molecule has 1 heterocycles. The number of hydrogen-bond donors (Lipinski definition) is 0. The van der Waals surface area contributed by atoms with E-state index in [9.17, 15) is 0 Å². The summed E-state index contributed by atoms with van der Waals surface area (Å²) < 4.78 is 2.31. The topological polar surface area (TPSA) is 30.7 Å². The highest BCUT2D eigenvalue weighted by Gasteiger charge is 2.30. The largest absolute Gasteiger partial charge is 0.278 e. The molecule has 6 aromatic carbocycles. The van der Waals surface area contributed by atoms with Crippen LogP contribution >= 0.6 is 0 Å². The van der Waals surface area contributed by atoms with Gasteiger partial charge in [0.15, 0.2) is 5.82 Å². The van der Waals surface area contributed by atoms with Gasteiger partial charge in [-0.3, -0.25) is 4.57 Å². The Morgan fingerprint density at radius 3 is 1.51 bits per heavy atom. The van der Waals surface area contributed by atoms with E-state index in [4.69, 9.17) is 10.2 Å². The van der Waals surface area contributed by atoms with Gasteiger partial charge in [-0.25, -0.2) is 0 Å². The van der Waals surface area contributed by atoms with E-state index >= 15 is 0 Å². The molecule has 7 rings (SSSR count). The van der Waals surface area contributed by atoms with Gasteiger partial charge in [0.1, 0.15) is 5.82 Å². The maximum Gasteiger partial charge on any atom is 0.168 e. The second kappa shape index (κ2) is 13.9. The van der Waals surface area contributed by atoms with Crippen molar-refractivity contribution in [2.75, 3.05) is 0 Å². The molecule has 1 aromatic heterocycles. The van der Waals surface area contributed by atoms with E-state index in [0.717, 1.165) is 47.7 Å². The molecule has 0 aliphatic rings. The van der Waals surface area contributed by atoms with E-state index in [-0.39, 0.29) is 5.41 Å². The SMILES string of the molecule is CCCCC(C)(C)c1nnc(-c2cccc(-c3cc(-c4ccccc4)cc(-c4ccccc4)c3)c2)n1-c1ccc(-c2ccccc2)cc1C. The zero-order valence-corrected chi connectivity index (χ0v) is 28.9. The molecule has 0 fully saturated rings. The first-order valence-electron chi connectivity index (χ1n) is 17.4. The molecule has 0 saturated carbocycles. The van der Waals surface area contributed by atoms with Crippen molar-refractivity contribution >= 4 is 0 Å². The molecule has 0 spiro atoms. The number of benzene rings is 6. The van der Waals surface area contributed by atoms with E-state index in [1.54, 1.807) is 0 Å². The van der Waals surface area contributed by atoms with Crippen LogP contribution in [0.2, 0.25) is 0 Å². The summed E-state index contributed by atoms with van der Waals surface area (Å²) >= 11 is 0. The first-order chi connectivity index (χ1) is 23.9. The van der Waals surface area contributed by atoms with Gasteiger partial charge in [-0.2, -0.15) is 0 Å². The fraction of sp³-hybridized carbons (Fsp3) is 0.174. The van der Waals surface area contributed by atoms with Crippen LogP contribution in [0.4, 0.5) is 0 Å². The van der Waals surface area contributed by atoms with Gasteiger partial charge in [0.25, 0.3) is 0 Å². The summed E-state index contributed by atoms with van der Waals surface area (Å²) in [7, 11) is 0. The Morgan fingerprint density at radius 1 is 0.490 bits per heavy atom. The average molecular weight is 638 g/mol. The lowest BCUT2D eigenvalue weighted by Crippen LogP contribution is -2.23. The summed E-state index contributed by atoms with van der Waals surface area (Å²) in [6, 6.07) is 54.3. The summed E-state index contributed by atoms with van der Waals surface area (Å²) in [4.78, 5) is 0. The summed E-state index contributed by atoms with van der Waals surface area (Å²) in [5, 5.41) is 9.88. The highest BCUT2D eigenvalue weighted by atomic mass is 15.3. The maximum atomic E-state index is 4.94. The molecule has 0 atom stereocenters. The van der Waals surface area contributed by atoms with E-state index < -0.39 is 0 Å². The third-order valence-electron chi connectivity index (χ3n) is 9.57. The molecule has 0 amide bonds. The highest BCUT2D eigenvalue weighted by molar-refractivity contribution is 5.82. The fourth-order valence-corrected chi connectivity index (χ4v) is 6.81. The second-order valence-corrected chi connectivity index (χ2v) is 13.6. The lowest BCUT2D eigenvalue weighted by atomic mass is 9.86. The van der Waals surface area contributed by atoms with Gasteiger partial charge in [-0.1, -0.05) is 149 Å². The Balaban J connectivity index is 1.37. The molecule has 0 bridgehead atoms. The van der Waals surface area contributed by atoms with Crippen molar-refractivity contribution in [1.82, 2.24) is 14.8 Å². The van der Waals surface area contributed by atoms with Crippen LogP contribution in [0.3, 0.4) is 0 Å². The molecule has 0 saturated heterocycles. The minimum atomic E-state index is -0.155. The first-order valence-corrected chi connectivity index (χ1v) is 17.4. The number of rotatable bonds is 10. The Hall–Kier alpha value is -5.54. The summed E-state index contributed by atoms with van der Waals surface area (Å²) in [6.07, 6.45) is 3.32. The van der Waals surface area contributed by atoms with E-state index in [2.05, 4.69) is 184 Å². The molecule has 3 nitrogen and oxygen atoms in total. The molecule has 0 unspecified atom stereocenters. The third kappa shape index (κ3) is 6.75. The van der Waals surface area contributed by atoms with Crippen molar-refractivity contribution in [1.29, 1.82) is 0 Å². The predicted octanol–water partition coefficient (Wildman–Crippen LogP) is 12.4. The molecule has 3 heteroatoms. The maximum absolute atomic E-state index is 4.94. The van der Waals surface area contributed by atoms with Crippen LogP contribution in [0, 0.1) is 6.92 Å². The van der Waals surface area contributed by atoms with Crippen molar-refractivity contribution in [2.24, 2.45) is 0 Å². The van der Waals surface area contributed by atoms with Gasteiger partial charge in [0, 0.05) is 11.0 Å².